The van der Waals surface area contributed by atoms with Crippen LogP contribution < -0.4 is 0 Å². The van der Waals surface area contributed by atoms with Crippen LogP contribution in [0.1, 0.15) is 27.7 Å². The Labute approximate surface area is 172 Å². The predicted octanol–water partition coefficient (Wildman–Crippen LogP) is 3.29. The van der Waals surface area contributed by atoms with E-state index in [0.29, 0.717) is 11.4 Å². The molecule has 3 heterocycles. The molecule has 2 aromatic heterocycles. The van der Waals surface area contributed by atoms with Gasteiger partial charge in [-0.15, -0.1) is 11.3 Å². The molecule has 6 nitrogen and oxygen atoms in total. The van der Waals surface area contributed by atoms with Gasteiger partial charge in [-0.1, -0.05) is 24.3 Å². The lowest BCUT2D eigenvalue weighted by Crippen LogP contribution is -2.34. The lowest BCUT2D eigenvalue weighted by Gasteiger charge is -2.20. The van der Waals surface area contributed by atoms with Crippen LogP contribution in [0.2, 0.25) is 0 Å². The van der Waals surface area contributed by atoms with Gasteiger partial charge in [-0.3, -0.25) is 9.48 Å². The number of nitrogens with zero attached hydrogens (tertiary/aromatic N) is 3. The van der Waals surface area contributed by atoms with Gasteiger partial charge >= 0.3 is 0 Å². The highest BCUT2D eigenvalue weighted by molar-refractivity contribution is 7.91. The third-order valence-corrected chi connectivity index (χ3v) is 8.15. The monoisotopic (exact) mass is 433 g/mol. The number of benzene rings is 1. The zero-order valence-corrected chi connectivity index (χ0v) is 17.4. The number of hydrogen-bond acceptors (Lipinski definition) is 5. The van der Waals surface area contributed by atoms with E-state index >= 15 is 0 Å². The minimum Gasteiger partial charge on any atom is -0.336 e. The first-order valence-corrected chi connectivity index (χ1v) is 11.8. The van der Waals surface area contributed by atoms with E-state index < -0.39 is 20.9 Å². The average Bonchev–Trinajstić information content (AvgIpc) is 3.31. The number of halogens is 1. The lowest BCUT2D eigenvalue weighted by molar-refractivity contribution is 0.0755. The van der Waals surface area contributed by atoms with E-state index in [2.05, 4.69) is 5.10 Å². The topological polar surface area (TPSA) is 72.3 Å². The Kier molecular flexibility index (Phi) is 5.26. The fourth-order valence-electron chi connectivity index (χ4n) is 3.61. The Hall–Kier alpha value is -2.52. The van der Waals surface area contributed by atoms with Gasteiger partial charge in [-0.25, -0.2) is 12.8 Å². The fourth-order valence-corrected chi connectivity index (χ4v) is 6.09. The molecule has 0 bridgehead atoms. The zero-order valence-electron chi connectivity index (χ0n) is 15.8. The van der Waals surface area contributed by atoms with E-state index in [1.165, 1.54) is 39.1 Å². The van der Waals surface area contributed by atoms with E-state index in [-0.39, 0.29) is 36.7 Å². The molecule has 4 rings (SSSR count). The Morgan fingerprint density at radius 1 is 1.21 bits per heavy atom. The van der Waals surface area contributed by atoms with Gasteiger partial charge in [0.05, 0.1) is 15.9 Å². The summed E-state index contributed by atoms with van der Waals surface area (Å²) in [5, 5.41) is 5.40. The minimum absolute atomic E-state index is 0.0750. The van der Waals surface area contributed by atoms with Gasteiger partial charge in [0, 0.05) is 25.7 Å². The van der Waals surface area contributed by atoms with Gasteiger partial charge in [0.1, 0.15) is 17.2 Å². The minimum atomic E-state index is -3.58. The summed E-state index contributed by atoms with van der Waals surface area (Å²) >= 11 is 1.53. The van der Waals surface area contributed by atoms with Gasteiger partial charge in [0.25, 0.3) is 5.91 Å². The van der Waals surface area contributed by atoms with Gasteiger partial charge in [0.15, 0.2) is 9.84 Å². The number of thiophene rings is 1. The van der Waals surface area contributed by atoms with Crippen molar-refractivity contribution in [1.82, 2.24) is 14.7 Å². The van der Waals surface area contributed by atoms with Crippen molar-refractivity contribution in [3.63, 3.8) is 0 Å². The summed E-state index contributed by atoms with van der Waals surface area (Å²) in [6.07, 6.45) is 0.157. The molecule has 0 N–H and O–H groups in total. The van der Waals surface area contributed by atoms with Gasteiger partial charge < -0.3 is 4.90 Å². The van der Waals surface area contributed by atoms with Crippen molar-refractivity contribution < 1.29 is 17.6 Å². The van der Waals surface area contributed by atoms with Crippen molar-refractivity contribution in [3.8, 4) is 10.6 Å². The number of carbonyl (C=O) groups is 1. The SMILES string of the molecule is Cn1nc(-c2cccs2)cc1C(=O)N1CCC(c2ccccc2F)S(=O)(=O)CC1. The van der Waals surface area contributed by atoms with Gasteiger partial charge in [-0.2, -0.15) is 5.10 Å². The Balaban J connectivity index is 1.58. The molecule has 1 atom stereocenters. The highest BCUT2D eigenvalue weighted by atomic mass is 32.2. The summed E-state index contributed by atoms with van der Waals surface area (Å²) in [5.41, 5.74) is 1.27. The van der Waals surface area contributed by atoms with Crippen molar-refractivity contribution in [2.75, 3.05) is 18.8 Å². The second-order valence-electron chi connectivity index (χ2n) is 6.97. The van der Waals surface area contributed by atoms with E-state index in [1.54, 1.807) is 19.2 Å². The molecule has 1 aromatic carbocycles. The first-order chi connectivity index (χ1) is 13.9. The first kappa shape index (κ1) is 19.8. The zero-order chi connectivity index (χ0) is 20.6. The largest absolute Gasteiger partial charge is 0.336 e. The summed E-state index contributed by atoms with van der Waals surface area (Å²) in [4.78, 5) is 15.6. The van der Waals surface area contributed by atoms with Crippen molar-refractivity contribution in [2.24, 2.45) is 7.05 Å². The van der Waals surface area contributed by atoms with Gasteiger partial charge in [0.2, 0.25) is 0 Å². The average molecular weight is 434 g/mol. The number of aryl methyl sites for hydroxylation is 1. The second-order valence-corrected chi connectivity index (χ2v) is 10.2. The van der Waals surface area contributed by atoms with Crippen LogP contribution in [0.25, 0.3) is 10.6 Å². The Bertz CT molecular complexity index is 1140. The van der Waals surface area contributed by atoms with Crippen molar-refractivity contribution in [1.29, 1.82) is 0 Å². The number of amides is 1. The molecule has 1 unspecified atom stereocenters. The maximum Gasteiger partial charge on any atom is 0.272 e. The molecule has 0 radical (unpaired) electrons. The number of sulfone groups is 1. The molecule has 1 aliphatic rings. The number of rotatable bonds is 3. The summed E-state index contributed by atoms with van der Waals surface area (Å²) in [6, 6.07) is 11.5. The third kappa shape index (κ3) is 3.84. The molecule has 0 saturated carbocycles. The van der Waals surface area contributed by atoms with Crippen LogP contribution in [0.4, 0.5) is 4.39 Å². The first-order valence-electron chi connectivity index (χ1n) is 9.20. The number of aromatic nitrogens is 2. The number of hydrogen-bond donors (Lipinski definition) is 0. The van der Waals surface area contributed by atoms with Crippen molar-refractivity contribution in [3.05, 3.63) is 64.9 Å². The van der Waals surface area contributed by atoms with Crippen LogP contribution in [0.3, 0.4) is 0 Å². The Morgan fingerprint density at radius 3 is 2.72 bits per heavy atom. The van der Waals surface area contributed by atoms with Crippen molar-refractivity contribution in [2.45, 2.75) is 11.7 Å². The maximum absolute atomic E-state index is 14.2. The molecule has 152 valence electrons. The van der Waals surface area contributed by atoms with E-state index in [0.717, 1.165) is 4.88 Å². The van der Waals surface area contributed by atoms with Crippen LogP contribution in [0, 0.1) is 5.82 Å². The maximum atomic E-state index is 14.2. The van der Waals surface area contributed by atoms with Gasteiger partial charge in [-0.05, 0) is 30.0 Å². The van der Waals surface area contributed by atoms with Crippen LogP contribution >= 0.6 is 11.3 Å². The summed E-state index contributed by atoms with van der Waals surface area (Å²) in [7, 11) is -1.88. The summed E-state index contributed by atoms with van der Waals surface area (Å²) < 4.78 is 41.3. The number of carbonyl (C=O) groups excluding carboxylic acids is 1. The quantitative estimate of drug-likeness (QED) is 0.635. The molecule has 1 amide bonds. The van der Waals surface area contributed by atoms with Crippen LogP contribution in [-0.4, -0.2) is 47.8 Å². The van der Waals surface area contributed by atoms with E-state index in [9.17, 15) is 17.6 Å². The molecular weight excluding hydrogens is 413 g/mol. The highest BCUT2D eigenvalue weighted by Crippen LogP contribution is 2.32. The molecule has 1 fully saturated rings. The molecule has 3 aromatic rings. The molecule has 29 heavy (non-hydrogen) atoms. The predicted molar refractivity (Wildman–Crippen MR) is 110 cm³/mol. The van der Waals surface area contributed by atoms with Crippen LogP contribution in [0.5, 0.6) is 0 Å². The van der Waals surface area contributed by atoms with Crippen molar-refractivity contribution >= 4 is 27.1 Å². The molecule has 0 aliphatic carbocycles. The molecule has 9 heteroatoms. The lowest BCUT2D eigenvalue weighted by atomic mass is 10.1. The second kappa shape index (κ2) is 7.72. The smallest absolute Gasteiger partial charge is 0.272 e. The van der Waals surface area contributed by atoms with E-state index in [4.69, 9.17) is 0 Å². The normalized spacial score (nSPS) is 19.1. The molecule has 1 aliphatic heterocycles. The summed E-state index contributed by atoms with van der Waals surface area (Å²) in [5.74, 6) is -1.01. The van der Waals surface area contributed by atoms with E-state index in [1.807, 2.05) is 17.5 Å². The molecule has 0 spiro atoms. The standard InChI is InChI=1S/C20H20FN3O3S2/c1-23-17(13-16(22-23)18-7-4-11-28-18)20(25)24-9-8-19(29(26,27)12-10-24)14-5-2-3-6-15(14)21/h2-7,11,13,19H,8-10,12H2,1H3. The summed E-state index contributed by atoms with van der Waals surface area (Å²) in [6.45, 7) is 0.308. The molecular formula is C20H20FN3O3S2. The third-order valence-electron chi connectivity index (χ3n) is 5.15. The van der Waals surface area contributed by atoms with Crippen LogP contribution in [-0.2, 0) is 16.9 Å². The fraction of sp³-hybridized carbons (Fsp3) is 0.300. The van der Waals surface area contributed by atoms with Crippen LogP contribution in [0.15, 0.2) is 47.8 Å². The Morgan fingerprint density at radius 2 is 2.00 bits per heavy atom. The highest BCUT2D eigenvalue weighted by Gasteiger charge is 2.35. The molecule has 1 saturated heterocycles.